The molecule has 2 aromatic rings. The van der Waals surface area contributed by atoms with Crippen molar-refractivity contribution in [1.29, 1.82) is 0 Å². The normalized spacial score (nSPS) is 12.2. The maximum atomic E-state index is 11.8. The van der Waals surface area contributed by atoms with E-state index in [0.29, 0.717) is 5.02 Å². The summed E-state index contributed by atoms with van der Waals surface area (Å²) < 4.78 is 10.4. The van der Waals surface area contributed by atoms with Crippen LogP contribution >= 0.6 is 11.6 Å². The lowest BCUT2D eigenvalue weighted by molar-refractivity contribution is 0.0300. The van der Waals surface area contributed by atoms with Gasteiger partial charge in [0.05, 0.1) is 6.26 Å². The van der Waals surface area contributed by atoms with Crippen molar-refractivity contribution >= 4 is 17.6 Å². The van der Waals surface area contributed by atoms with Crippen molar-refractivity contribution in [2.75, 3.05) is 0 Å². The Kier molecular flexibility index (Phi) is 3.72. The Morgan fingerprint density at radius 2 is 1.94 bits per heavy atom. The Morgan fingerprint density at radius 3 is 2.50 bits per heavy atom. The second kappa shape index (κ2) is 5.27. The Bertz CT molecular complexity index is 542. The van der Waals surface area contributed by atoms with Crippen molar-refractivity contribution in [3.8, 4) is 0 Å². The zero-order chi connectivity index (χ0) is 13.1. The quantitative estimate of drug-likeness (QED) is 0.782. The van der Waals surface area contributed by atoms with Crippen molar-refractivity contribution in [3.63, 3.8) is 0 Å². The van der Waals surface area contributed by atoms with Gasteiger partial charge in [-0.05, 0) is 37.6 Å². The lowest BCUT2D eigenvalue weighted by atomic mass is 10.1. The van der Waals surface area contributed by atoms with Crippen molar-refractivity contribution in [2.45, 2.75) is 20.0 Å². The molecule has 1 heterocycles. The molecule has 2 rings (SSSR count). The van der Waals surface area contributed by atoms with Crippen LogP contribution in [0.4, 0.5) is 0 Å². The van der Waals surface area contributed by atoms with Crippen molar-refractivity contribution in [3.05, 3.63) is 58.5 Å². The lowest BCUT2D eigenvalue weighted by Crippen LogP contribution is -2.09. The highest BCUT2D eigenvalue weighted by atomic mass is 35.5. The van der Waals surface area contributed by atoms with E-state index < -0.39 is 5.97 Å². The molecule has 0 aliphatic heterocycles. The number of carbonyl (C=O) groups excluding carboxylic acids is 1. The standard InChI is InChI=1S/C14H13ClO3/c1-9-7-8-17-13(9)14(16)18-10(2)11-3-5-12(15)6-4-11/h3-8,10H,1-2H3. The van der Waals surface area contributed by atoms with Crippen molar-refractivity contribution in [2.24, 2.45) is 0 Å². The molecule has 3 nitrogen and oxygen atoms in total. The van der Waals surface area contributed by atoms with E-state index in [0.717, 1.165) is 11.1 Å². The molecular weight excluding hydrogens is 252 g/mol. The van der Waals surface area contributed by atoms with Crippen LogP contribution in [0.1, 0.15) is 34.7 Å². The summed E-state index contributed by atoms with van der Waals surface area (Å²) >= 11 is 5.80. The summed E-state index contributed by atoms with van der Waals surface area (Å²) in [7, 11) is 0. The number of hydrogen-bond donors (Lipinski definition) is 0. The van der Waals surface area contributed by atoms with Gasteiger partial charge in [0, 0.05) is 10.6 Å². The summed E-state index contributed by atoms with van der Waals surface area (Å²) in [5.74, 6) is -0.212. The third-order valence-corrected chi connectivity index (χ3v) is 2.92. The molecule has 1 unspecified atom stereocenters. The van der Waals surface area contributed by atoms with Gasteiger partial charge in [-0.1, -0.05) is 23.7 Å². The highest BCUT2D eigenvalue weighted by Crippen LogP contribution is 2.21. The molecule has 0 aliphatic carbocycles. The van der Waals surface area contributed by atoms with Gasteiger partial charge in [0.1, 0.15) is 6.10 Å². The molecule has 0 bridgehead atoms. The molecule has 0 saturated carbocycles. The number of furan rings is 1. The van der Waals surface area contributed by atoms with Gasteiger partial charge in [-0.2, -0.15) is 0 Å². The summed E-state index contributed by atoms with van der Waals surface area (Å²) in [6.45, 7) is 3.60. The van der Waals surface area contributed by atoms with E-state index in [1.54, 1.807) is 32.0 Å². The zero-order valence-electron chi connectivity index (χ0n) is 10.1. The fourth-order valence-corrected chi connectivity index (χ4v) is 1.72. The Hall–Kier alpha value is -1.74. The highest BCUT2D eigenvalue weighted by molar-refractivity contribution is 6.30. The molecule has 1 aromatic carbocycles. The van der Waals surface area contributed by atoms with E-state index in [-0.39, 0.29) is 11.9 Å². The first kappa shape index (κ1) is 12.7. The van der Waals surface area contributed by atoms with Crippen LogP contribution in [0.5, 0.6) is 0 Å². The van der Waals surface area contributed by atoms with Gasteiger partial charge < -0.3 is 9.15 Å². The number of carbonyl (C=O) groups is 1. The molecule has 1 atom stereocenters. The minimum Gasteiger partial charge on any atom is -0.457 e. The predicted molar refractivity (Wildman–Crippen MR) is 68.7 cm³/mol. The van der Waals surface area contributed by atoms with Crippen LogP contribution in [-0.2, 0) is 4.74 Å². The highest BCUT2D eigenvalue weighted by Gasteiger charge is 2.18. The minimum absolute atomic E-state index is 0.246. The van der Waals surface area contributed by atoms with Crippen LogP contribution in [0, 0.1) is 6.92 Å². The molecule has 94 valence electrons. The summed E-state index contributed by atoms with van der Waals surface area (Å²) in [4.78, 5) is 11.8. The van der Waals surface area contributed by atoms with Crippen molar-refractivity contribution in [1.82, 2.24) is 0 Å². The number of rotatable bonds is 3. The first-order valence-electron chi connectivity index (χ1n) is 5.58. The van der Waals surface area contributed by atoms with Crippen LogP contribution < -0.4 is 0 Å². The van der Waals surface area contributed by atoms with E-state index in [1.807, 2.05) is 12.1 Å². The Labute approximate surface area is 110 Å². The van der Waals surface area contributed by atoms with Crippen LogP contribution in [0.3, 0.4) is 0 Å². The molecule has 4 heteroatoms. The average molecular weight is 265 g/mol. The smallest absolute Gasteiger partial charge is 0.375 e. The maximum absolute atomic E-state index is 11.8. The minimum atomic E-state index is -0.458. The molecule has 0 amide bonds. The second-order valence-corrected chi connectivity index (χ2v) is 4.47. The number of halogens is 1. The van der Waals surface area contributed by atoms with Crippen LogP contribution in [0.25, 0.3) is 0 Å². The predicted octanol–water partition coefficient (Wildman–Crippen LogP) is 4.16. The molecule has 18 heavy (non-hydrogen) atoms. The number of aryl methyl sites for hydroxylation is 1. The largest absolute Gasteiger partial charge is 0.457 e. The van der Waals surface area contributed by atoms with Gasteiger partial charge in [-0.3, -0.25) is 0 Å². The number of ether oxygens (including phenoxy) is 1. The van der Waals surface area contributed by atoms with E-state index in [9.17, 15) is 4.79 Å². The van der Waals surface area contributed by atoms with Gasteiger partial charge in [-0.15, -0.1) is 0 Å². The number of hydrogen-bond acceptors (Lipinski definition) is 3. The van der Waals surface area contributed by atoms with Crippen molar-refractivity contribution < 1.29 is 13.9 Å². The maximum Gasteiger partial charge on any atom is 0.375 e. The first-order valence-corrected chi connectivity index (χ1v) is 5.96. The van der Waals surface area contributed by atoms with E-state index in [1.165, 1.54) is 6.26 Å². The summed E-state index contributed by atoms with van der Waals surface area (Å²) in [6.07, 6.45) is 1.12. The molecule has 0 radical (unpaired) electrons. The van der Waals surface area contributed by atoms with Crippen LogP contribution in [0.15, 0.2) is 41.0 Å². The Morgan fingerprint density at radius 1 is 1.28 bits per heavy atom. The first-order chi connectivity index (χ1) is 8.58. The second-order valence-electron chi connectivity index (χ2n) is 4.03. The molecule has 1 aromatic heterocycles. The number of benzene rings is 1. The lowest BCUT2D eigenvalue weighted by Gasteiger charge is -2.12. The Balaban J connectivity index is 2.08. The fourth-order valence-electron chi connectivity index (χ4n) is 1.60. The molecule has 0 saturated heterocycles. The molecule has 0 fully saturated rings. The average Bonchev–Trinajstić information content (AvgIpc) is 2.76. The van der Waals surface area contributed by atoms with Gasteiger partial charge in [-0.25, -0.2) is 4.79 Å². The monoisotopic (exact) mass is 264 g/mol. The zero-order valence-corrected chi connectivity index (χ0v) is 10.9. The topological polar surface area (TPSA) is 39.4 Å². The van der Waals surface area contributed by atoms with Gasteiger partial charge in [0.2, 0.25) is 5.76 Å². The van der Waals surface area contributed by atoms with E-state index in [2.05, 4.69) is 0 Å². The summed E-state index contributed by atoms with van der Waals surface area (Å²) in [6, 6.07) is 8.91. The van der Waals surface area contributed by atoms with Gasteiger partial charge in [0.15, 0.2) is 0 Å². The molecule has 0 N–H and O–H groups in total. The summed E-state index contributed by atoms with van der Waals surface area (Å²) in [5, 5.41) is 0.652. The van der Waals surface area contributed by atoms with E-state index >= 15 is 0 Å². The van der Waals surface area contributed by atoms with Gasteiger partial charge >= 0.3 is 5.97 Å². The molecule has 0 aliphatic rings. The third-order valence-electron chi connectivity index (χ3n) is 2.67. The molecule has 0 spiro atoms. The van der Waals surface area contributed by atoms with E-state index in [4.69, 9.17) is 20.8 Å². The summed E-state index contributed by atoms with van der Waals surface area (Å²) in [5.41, 5.74) is 1.65. The van der Waals surface area contributed by atoms with Crippen LogP contribution in [0.2, 0.25) is 5.02 Å². The van der Waals surface area contributed by atoms with Gasteiger partial charge in [0.25, 0.3) is 0 Å². The molecular formula is C14H13ClO3. The fraction of sp³-hybridized carbons (Fsp3) is 0.214. The van der Waals surface area contributed by atoms with Crippen LogP contribution in [-0.4, -0.2) is 5.97 Å². The third kappa shape index (κ3) is 2.74. The SMILES string of the molecule is Cc1ccoc1C(=O)OC(C)c1ccc(Cl)cc1. The number of esters is 1.